The van der Waals surface area contributed by atoms with E-state index in [1.807, 2.05) is 0 Å². The van der Waals surface area contributed by atoms with Crippen LogP contribution < -0.4 is 5.73 Å². The molecule has 1 saturated carbocycles. The summed E-state index contributed by atoms with van der Waals surface area (Å²) in [6.45, 7) is 5.36. The van der Waals surface area contributed by atoms with E-state index in [2.05, 4.69) is 6.58 Å². The third kappa shape index (κ3) is 2.97. The minimum atomic E-state index is -4.11. The van der Waals surface area contributed by atoms with E-state index < -0.39 is 24.1 Å². The summed E-state index contributed by atoms with van der Waals surface area (Å²) < 4.78 is 38.2. The Morgan fingerprint density at radius 2 is 1.87 bits per heavy atom. The molecule has 0 bridgehead atoms. The molecule has 0 aromatic heterocycles. The molecule has 1 fully saturated rings. The van der Waals surface area contributed by atoms with Crippen LogP contribution in [0.5, 0.6) is 0 Å². The van der Waals surface area contributed by atoms with Crippen LogP contribution in [0.3, 0.4) is 0 Å². The van der Waals surface area contributed by atoms with Crippen molar-refractivity contribution < 1.29 is 13.2 Å². The number of halogens is 3. The molecule has 3 atom stereocenters. The summed E-state index contributed by atoms with van der Waals surface area (Å²) in [4.78, 5) is 0. The molecule has 3 unspecified atom stereocenters. The Hall–Kier alpha value is -0.510. The highest BCUT2D eigenvalue weighted by atomic mass is 19.4. The fourth-order valence-electron chi connectivity index (χ4n) is 2.36. The number of hydrogen-bond donors (Lipinski definition) is 1. The summed E-state index contributed by atoms with van der Waals surface area (Å²) in [6.07, 6.45) is -1.83. The highest BCUT2D eigenvalue weighted by Gasteiger charge is 2.47. The van der Waals surface area contributed by atoms with E-state index in [-0.39, 0.29) is 6.42 Å². The van der Waals surface area contributed by atoms with Crippen LogP contribution in [-0.2, 0) is 0 Å². The van der Waals surface area contributed by atoms with Gasteiger partial charge in [-0.05, 0) is 25.7 Å². The minimum Gasteiger partial charge on any atom is -0.324 e. The second-order valence-corrected chi connectivity index (χ2v) is 4.47. The topological polar surface area (TPSA) is 26.0 Å². The van der Waals surface area contributed by atoms with E-state index in [9.17, 15) is 13.2 Å². The lowest BCUT2D eigenvalue weighted by Gasteiger charge is -2.36. The van der Waals surface area contributed by atoms with Crippen LogP contribution in [0.2, 0.25) is 0 Å². The van der Waals surface area contributed by atoms with Gasteiger partial charge >= 0.3 is 6.18 Å². The van der Waals surface area contributed by atoms with Gasteiger partial charge in [-0.15, -0.1) is 0 Å². The molecule has 0 radical (unpaired) electrons. The first kappa shape index (κ1) is 12.6. The molecule has 1 rings (SSSR count). The molecule has 2 N–H and O–H groups in total. The van der Waals surface area contributed by atoms with Crippen LogP contribution >= 0.6 is 0 Å². The van der Waals surface area contributed by atoms with Gasteiger partial charge in [-0.3, -0.25) is 0 Å². The lowest BCUT2D eigenvalue weighted by Crippen LogP contribution is -2.43. The number of alkyl halides is 3. The van der Waals surface area contributed by atoms with Gasteiger partial charge in [0.25, 0.3) is 0 Å². The summed E-state index contributed by atoms with van der Waals surface area (Å²) in [5.74, 6) is -1.71. The molecule has 88 valence electrons. The molecule has 0 spiro atoms. The minimum absolute atomic E-state index is 0.217. The smallest absolute Gasteiger partial charge is 0.324 e. The van der Waals surface area contributed by atoms with E-state index in [1.165, 1.54) is 0 Å². The number of hydrogen-bond acceptors (Lipinski definition) is 1. The molecule has 4 heteroatoms. The van der Waals surface area contributed by atoms with Crippen molar-refractivity contribution in [2.45, 2.75) is 44.8 Å². The van der Waals surface area contributed by atoms with Crippen LogP contribution in [0, 0.1) is 11.8 Å². The van der Waals surface area contributed by atoms with E-state index >= 15 is 0 Å². The highest BCUT2D eigenvalue weighted by Crippen LogP contribution is 2.43. The Morgan fingerprint density at radius 3 is 2.33 bits per heavy atom. The van der Waals surface area contributed by atoms with Gasteiger partial charge < -0.3 is 5.73 Å². The van der Waals surface area contributed by atoms with Gasteiger partial charge in [0.1, 0.15) is 0 Å². The Kier molecular flexibility index (Phi) is 3.82. The molecule has 0 heterocycles. The molecule has 0 saturated heterocycles. The predicted octanol–water partition coefficient (Wildman–Crippen LogP) is 3.26. The molecular weight excluding hydrogens is 203 g/mol. The zero-order chi connectivity index (χ0) is 11.6. The van der Waals surface area contributed by atoms with E-state index in [0.717, 1.165) is 6.42 Å². The monoisotopic (exact) mass is 221 g/mol. The Morgan fingerprint density at radius 1 is 1.33 bits per heavy atom. The van der Waals surface area contributed by atoms with Gasteiger partial charge in [-0.25, -0.2) is 0 Å². The third-order valence-electron chi connectivity index (χ3n) is 3.27. The molecule has 15 heavy (non-hydrogen) atoms. The van der Waals surface area contributed by atoms with Gasteiger partial charge in [-0.1, -0.05) is 25.0 Å². The summed E-state index contributed by atoms with van der Waals surface area (Å²) in [5.41, 5.74) is 6.43. The Bertz CT molecular complexity index is 234. The van der Waals surface area contributed by atoms with E-state index in [1.54, 1.807) is 6.92 Å². The van der Waals surface area contributed by atoms with Crippen LogP contribution in [0.1, 0.15) is 32.6 Å². The van der Waals surface area contributed by atoms with Gasteiger partial charge in [0.15, 0.2) is 0 Å². The molecule has 0 amide bonds. The fourth-order valence-corrected chi connectivity index (χ4v) is 2.36. The lowest BCUT2D eigenvalue weighted by molar-refractivity contribution is -0.197. The van der Waals surface area contributed by atoms with Gasteiger partial charge in [-0.2, -0.15) is 13.2 Å². The molecular formula is C11H18F3N. The van der Waals surface area contributed by atoms with E-state index in [0.29, 0.717) is 18.4 Å². The number of nitrogens with two attached hydrogens (primary N) is 1. The zero-order valence-electron chi connectivity index (χ0n) is 8.98. The van der Waals surface area contributed by atoms with Crippen LogP contribution in [0.25, 0.3) is 0 Å². The van der Waals surface area contributed by atoms with Gasteiger partial charge in [0.2, 0.25) is 0 Å². The van der Waals surface area contributed by atoms with Crippen molar-refractivity contribution in [3.63, 3.8) is 0 Å². The van der Waals surface area contributed by atoms with Crippen molar-refractivity contribution in [2.75, 3.05) is 0 Å². The SMILES string of the molecule is C=C(C)C(N)C1CCCCC1C(F)(F)F. The summed E-state index contributed by atoms with van der Waals surface area (Å²) in [5, 5.41) is 0. The predicted molar refractivity (Wildman–Crippen MR) is 54.3 cm³/mol. The Balaban J connectivity index is 2.78. The maximum absolute atomic E-state index is 12.7. The van der Waals surface area contributed by atoms with Gasteiger partial charge in [0, 0.05) is 6.04 Å². The lowest BCUT2D eigenvalue weighted by atomic mass is 9.73. The first-order valence-corrected chi connectivity index (χ1v) is 5.31. The quantitative estimate of drug-likeness (QED) is 0.711. The third-order valence-corrected chi connectivity index (χ3v) is 3.27. The van der Waals surface area contributed by atoms with Crippen molar-refractivity contribution in [1.82, 2.24) is 0 Å². The molecule has 0 aliphatic heterocycles. The maximum Gasteiger partial charge on any atom is 0.392 e. The fraction of sp³-hybridized carbons (Fsp3) is 0.818. The molecule has 1 aliphatic carbocycles. The highest BCUT2D eigenvalue weighted by molar-refractivity contribution is 5.05. The van der Waals surface area contributed by atoms with Crippen molar-refractivity contribution in [3.8, 4) is 0 Å². The molecule has 0 aromatic carbocycles. The second kappa shape index (κ2) is 4.56. The van der Waals surface area contributed by atoms with Crippen molar-refractivity contribution in [1.29, 1.82) is 0 Å². The summed E-state index contributed by atoms with van der Waals surface area (Å²) in [6, 6.07) is -0.517. The maximum atomic E-state index is 12.7. The summed E-state index contributed by atoms with van der Waals surface area (Å²) in [7, 11) is 0. The average molecular weight is 221 g/mol. The standard InChI is InChI=1S/C11H18F3N/c1-7(2)10(15)8-5-3-4-6-9(8)11(12,13)14/h8-10H,1,3-6,15H2,2H3. The first-order chi connectivity index (χ1) is 6.84. The largest absolute Gasteiger partial charge is 0.392 e. The zero-order valence-corrected chi connectivity index (χ0v) is 8.98. The van der Waals surface area contributed by atoms with Gasteiger partial charge in [0.05, 0.1) is 5.92 Å². The number of rotatable bonds is 2. The molecule has 1 aliphatic rings. The normalized spacial score (nSPS) is 29.9. The van der Waals surface area contributed by atoms with Crippen LogP contribution in [-0.4, -0.2) is 12.2 Å². The molecule has 0 aromatic rings. The van der Waals surface area contributed by atoms with Crippen LogP contribution in [0.15, 0.2) is 12.2 Å². The van der Waals surface area contributed by atoms with Crippen molar-refractivity contribution in [2.24, 2.45) is 17.6 Å². The second-order valence-electron chi connectivity index (χ2n) is 4.47. The van der Waals surface area contributed by atoms with Crippen LogP contribution in [0.4, 0.5) is 13.2 Å². The summed E-state index contributed by atoms with van der Waals surface area (Å²) >= 11 is 0. The first-order valence-electron chi connectivity index (χ1n) is 5.31. The molecule has 1 nitrogen and oxygen atoms in total. The van der Waals surface area contributed by atoms with Crippen molar-refractivity contribution >= 4 is 0 Å². The Labute approximate surface area is 88.5 Å². The van der Waals surface area contributed by atoms with E-state index in [4.69, 9.17) is 5.73 Å². The average Bonchev–Trinajstić information content (AvgIpc) is 2.15. The van der Waals surface area contributed by atoms with Crippen molar-refractivity contribution in [3.05, 3.63) is 12.2 Å².